The molecule has 3 unspecified atom stereocenters. The van der Waals surface area contributed by atoms with Gasteiger partial charge >= 0.3 is 0 Å². The Kier molecular flexibility index (Phi) is 2.94. The standard InChI is InChI=1S/C19H29NO/c1-18-9-7-13(20)11-12(18)3-4-14-15-5-6-17(21)19(15,2)10-8-16(14)18/h12,14-16,20H,3-11H2,1-2H3/t12-,14?,15?,16?,18-,19-/m0/s1. The maximum atomic E-state index is 12.4. The van der Waals surface area contributed by atoms with Crippen LogP contribution in [0.15, 0.2) is 0 Å². The van der Waals surface area contributed by atoms with Crippen LogP contribution in [0.3, 0.4) is 0 Å². The number of ketones is 1. The van der Waals surface area contributed by atoms with Gasteiger partial charge in [0.15, 0.2) is 0 Å². The Labute approximate surface area is 128 Å². The van der Waals surface area contributed by atoms with E-state index >= 15 is 0 Å². The van der Waals surface area contributed by atoms with Crippen molar-refractivity contribution in [1.29, 1.82) is 5.41 Å². The summed E-state index contributed by atoms with van der Waals surface area (Å²) in [5, 5.41) is 8.06. The minimum absolute atomic E-state index is 0.0196. The van der Waals surface area contributed by atoms with Gasteiger partial charge in [-0.3, -0.25) is 4.79 Å². The van der Waals surface area contributed by atoms with Crippen LogP contribution in [-0.2, 0) is 4.79 Å². The smallest absolute Gasteiger partial charge is 0.139 e. The fourth-order valence-electron chi connectivity index (χ4n) is 6.85. The van der Waals surface area contributed by atoms with E-state index in [1.807, 2.05) is 0 Å². The van der Waals surface area contributed by atoms with Gasteiger partial charge in [-0.05, 0) is 80.5 Å². The molecule has 0 aromatic carbocycles. The number of carbonyl (C=O) groups excluding carboxylic acids is 1. The third-order valence-electron chi connectivity index (χ3n) is 8.23. The van der Waals surface area contributed by atoms with Crippen molar-refractivity contribution < 1.29 is 4.79 Å². The molecule has 0 heterocycles. The van der Waals surface area contributed by atoms with Gasteiger partial charge in [-0.2, -0.15) is 0 Å². The number of carbonyl (C=O) groups is 1. The highest BCUT2D eigenvalue weighted by molar-refractivity contribution is 5.87. The molecule has 2 nitrogen and oxygen atoms in total. The summed E-state index contributed by atoms with van der Waals surface area (Å²) >= 11 is 0. The molecule has 0 spiro atoms. The van der Waals surface area contributed by atoms with E-state index in [0.29, 0.717) is 17.1 Å². The van der Waals surface area contributed by atoms with Gasteiger partial charge in [-0.1, -0.05) is 13.8 Å². The van der Waals surface area contributed by atoms with Crippen molar-refractivity contribution >= 4 is 11.5 Å². The predicted molar refractivity (Wildman–Crippen MR) is 84.5 cm³/mol. The zero-order valence-corrected chi connectivity index (χ0v) is 13.6. The van der Waals surface area contributed by atoms with Crippen molar-refractivity contribution in [2.24, 2.45) is 34.5 Å². The largest absolute Gasteiger partial charge is 0.310 e. The second-order valence-corrected chi connectivity index (χ2v) is 8.88. The molecule has 4 saturated carbocycles. The lowest BCUT2D eigenvalue weighted by molar-refractivity contribution is -0.136. The van der Waals surface area contributed by atoms with Crippen LogP contribution >= 0.6 is 0 Å². The SMILES string of the molecule is C[C@]12CCC3C(CC[C@H]4CC(=N)CC[C@]34C)C1CCC2=O. The molecule has 0 aliphatic heterocycles. The predicted octanol–water partition coefficient (Wildman–Crippen LogP) is 4.62. The van der Waals surface area contributed by atoms with Gasteiger partial charge in [0.2, 0.25) is 0 Å². The Balaban J connectivity index is 1.65. The molecule has 0 bridgehead atoms. The van der Waals surface area contributed by atoms with Crippen LogP contribution in [-0.4, -0.2) is 11.5 Å². The van der Waals surface area contributed by atoms with E-state index < -0.39 is 0 Å². The van der Waals surface area contributed by atoms with Crippen molar-refractivity contribution in [2.75, 3.05) is 0 Å². The summed E-state index contributed by atoms with van der Waals surface area (Å²) in [7, 11) is 0. The Morgan fingerprint density at radius 2 is 1.81 bits per heavy atom. The number of hydrogen-bond donors (Lipinski definition) is 1. The van der Waals surface area contributed by atoms with Crippen LogP contribution < -0.4 is 0 Å². The summed E-state index contributed by atoms with van der Waals surface area (Å²) in [6, 6.07) is 0. The summed E-state index contributed by atoms with van der Waals surface area (Å²) in [6.45, 7) is 4.80. The molecule has 4 aliphatic carbocycles. The molecule has 4 aliphatic rings. The second kappa shape index (κ2) is 4.43. The Bertz CT molecular complexity index is 498. The van der Waals surface area contributed by atoms with Gasteiger partial charge in [0.25, 0.3) is 0 Å². The van der Waals surface area contributed by atoms with Crippen molar-refractivity contribution in [3.05, 3.63) is 0 Å². The van der Waals surface area contributed by atoms with Gasteiger partial charge in [-0.15, -0.1) is 0 Å². The molecule has 1 N–H and O–H groups in total. The van der Waals surface area contributed by atoms with Crippen LogP contribution in [0.4, 0.5) is 0 Å². The normalized spacial score (nSPS) is 53.0. The summed E-state index contributed by atoms with van der Waals surface area (Å²) in [5.41, 5.74) is 1.47. The fraction of sp³-hybridized carbons (Fsp3) is 0.895. The highest BCUT2D eigenvalue weighted by atomic mass is 16.1. The number of hydrogen-bond acceptors (Lipinski definition) is 2. The highest BCUT2D eigenvalue weighted by Crippen LogP contribution is 2.65. The molecule has 116 valence electrons. The van der Waals surface area contributed by atoms with E-state index in [4.69, 9.17) is 5.41 Å². The van der Waals surface area contributed by atoms with Crippen molar-refractivity contribution in [3.63, 3.8) is 0 Å². The van der Waals surface area contributed by atoms with E-state index in [0.717, 1.165) is 55.6 Å². The molecule has 2 heteroatoms. The van der Waals surface area contributed by atoms with Crippen LogP contribution in [0.25, 0.3) is 0 Å². The molecule has 4 fully saturated rings. The molecule has 21 heavy (non-hydrogen) atoms. The molecule has 0 amide bonds. The van der Waals surface area contributed by atoms with Gasteiger partial charge in [-0.25, -0.2) is 0 Å². The van der Waals surface area contributed by atoms with Gasteiger partial charge < -0.3 is 5.41 Å². The molecule has 0 aromatic rings. The quantitative estimate of drug-likeness (QED) is 0.694. The van der Waals surface area contributed by atoms with E-state index in [1.54, 1.807) is 0 Å². The van der Waals surface area contributed by atoms with Crippen LogP contribution in [0.5, 0.6) is 0 Å². The lowest BCUT2D eigenvalue weighted by Gasteiger charge is -2.59. The monoisotopic (exact) mass is 287 g/mol. The van der Waals surface area contributed by atoms with E-state index in [-0.39, 0.29) is 5.41 Å². The Hall–Kier alpha value is -0.660. The zero-order valence-electron chi connectivity index (χ0n) is 13.6. The second-order valence-electron chi connectivity index (χ2n) is 8.88. The first-order valence-electron chi connectivity index (χ1n) is 9.05. The summed E-state index contributed by atoms with van der Waals surface area (Å²) in [6.07, 6.45) is 10.3. The lowest BCUT2D eigenvalue weighted by atomic mass is 9.45. The number of rotatable bonds is 0. The van der Waals surface area contributed by atoms with Crippen molar-refractivity contribution in [2.45, 2.75) is 71.6 Å². The Morgan fingerprint density at radius 1 is 1.00 bits per heavy atom. The minimum atomic E-state index is 0.0196. The first kappa shape index (κ1) is 14.0. The summed E-state index contributed by atoms with van der Waals surface area (Å²) in [5.74, 6) is 3.60. The first-order valence-corrected chi connectivity index (χ1v) is 9.05. The maximum Gasteiger partial charge on any atom is 0.139 e. The van der Waals surface area contributed by atoms with Crippen molar-refractivity contribution in [1.82, 2.24) is 0 Å². The van der Waals surface area contributed by atoms with Crippen LogP contribution in [0, 0.1) is 39.9 Å². The fourth-order valence-corrected chi connectivity index (χ4v) is 6.85. The highest BCUT2D eigenvalue weighted by Gasteiger charge is 2.59. The molecular weight excluding hydrogens is 258 g/mol. The van der Waals surface area contributed by atoms with Gasteiger partial charge in [0, 0.05) is 17.5 Å². The molecular formula is C19H29NO. The van der Waals surface area contributed by atoms with Crippen LogP contribution in [0.1, 0.15) is 71.6 Å². The molecule has 4 rings (SSSR count). The van der Waals surface area contributed by atoms with Gasteiger partial charge in [0.05, 0.1) is 0 Å². The topological polar surface area (TPSA) is 40.9 Å². The molecule has 0 radical (unpaired) electrons. The summed E-state index contributed by atoms with van der Waals surface area (Å²) < 4.78 is 0. The van der Waals surface area contributed by atoms with E-state index in [9.17, 15) is 4.79 Å². The number of fused-ring (bicyclic) bond motifs is 5. The number of Topliss-reactive ketones (excluding diaryl/α,β-unsaturated/α-hetero) is 1. The Morgan fingerprint density at radius 3 is 2.62 bits per heavy atom. The van der Waals surface area contributed by atoms with Crippen LogP contribution in [0.2, 0.25) is 0 Å². The van der Waals surface area contributed by atoms with E-state index in [2.05, 4.69) is 13.8 Å². The average molecular weight is 287 g/mol. The first-order chi connectivity index (χ1) is 9.95. The minimum Gasteiger partial charge on any atom is -0.310 e. The lowest BCUT2D eigenvalue weighted by Crippen LogP contribution is -2.53. The number of nitrogens with one attached hydrogen (secondary N) is 1. The third kappa shape index (κ3) is 1.77. The molecule has 6 atom stereocenters. The zero-order chi connectivity index (χ0) is 14.8. The summed E-state index contributed by atoms with van der Waals surface area (Å²) in [4.78, 5) is 12.4. The van der Waals surface area contributed by atoms with Gasteiger partial charge in [0.1, 0.15) is 5.78 Å². The van der Waals surface area contributed by atoms with Crippen molar-refractivity contribution in [3.8, 4) is 0 Å². The average Bonchev–Trinajstić information content (AvgIpc) is 2.76. The third-order valence-corrected chi connectivity index (χ3v) is 8.23. The maximum absolute atomic E-state index is 12.4. The molecule has 0 saturated heterocycles. The van der Waals surface area contributed by atoms with E-state index in [1.165, 1.54) is 25.7 Å². The molecule has 0 aromatic heterocycles.